The predicted octanol–water partition coefficient (Wildman–Crippen LogP) is 2.17. The molecule has 0 spiro atoms. The van der Waals surface area contributed by atoms with Gasteiger partial charge in [-0.05, 0) is 25.1 Å². The molecular weight excluding hydrogens is 355 g/mol. The maximum Gasteiger partial charge on any atom is 0.363 e. The highest BCUT2D eigenvalue weighted by molar-refractivity contribution is 6.48. The van der Waals surface area contributed by atoms with Crippen molar-refractivity contribution in [3.05, 3.63) is 35.2 Å². The van der Waals surface area contributed by atoms with Crippen LogP contribution in [0.5, 0.6) is 0 Å². The quantitative estimate of drug-likeness (QED) is 0.743. The minimum atomic E-state index is -0.422. The molecule has 1 aromatic rings. The zero-order valence-electron chi connectivity index (χ0n) is 14.8. The molecule has 136 valence electrons. The van der Waals surface area contributed by atoms with E-state index in [-0.39, 0.29) is 6.04 Å². The minimum absolute atomic E-state index is 0.0480. The summed E-state index contributed by atoms with van der Waals surface area (Å²) < 4.78 is 19.8. The molecule has 0 saturated carbocycles. The van der Waals surface area contributed by atoms with Crippen molar-refractivity contribution in [1.29, 1.82) is 0 Å². The van der Waals surface area contributed by atoms with Gasteiger partial charge >= 0.3 is 7.62 Å². The van der Waals surface area contributed by atoms with Crippen LogP contribution in [0.1, 0.15) is 6.92 Å². The minimum Gasteiger partial charge on any atom is -0.427 e. The number of aliphatic imine (C=N–C) groups is 2. The molecule has 0 amide bonds. The number of fused-ring (bicyclic) bond motifs is 3. The Bertz CT molecular complexity index is 807. The van der Waals surface area contributed by atoms with Gasteiger partial charge in [0.2, 0.25) is 0 Å². The molecule has 3 aliphatic rings. The Kier molecular flexibility index (Phi) is 4.73. The fraction of sp³-hybridized carbons (Fsp3) is 0.412. The Morgan fingerprint density at radius 1 is 1.23 bits per heavy atom. The third-order valence-corrected chi connectivity index (χ3v) is 4.95. The van der Waals surface area contributed by atoms with Crippen molar-refractivity contribution >= 4 is 42.3 Å². The summed E-state index contributed by atoms with van der Waals surface area (Å²) >= 11 is 6.07. The van der Waals surface area contributed by atoms with Gasteiger partial charge in [0.15, 0.2) is 17.5 Å². The molecule has 1 aromatic carbocycles. The molecule has 0 aliphatic carbocycles. The molecule has 0 bridgehead atoms. The van der Waals surface area contributed by atoms with E-state index in [4.69, 9.17) is 21.2 Å². The largest absolute Gasteiger partial charge is 0.427 e. The van der Waals surface area contributed by atoms with E-state index >= 15 is 0 Å². The number of hydrogen-bond donors (Lipinski definition) is 0. The number of halogens is 2. The summed E-state index contributed by atoms with van der Waals surface area (Å²) in [6.07, 6.45) is 3.91. The second-order valence-electron chi connectivity index (χ2n) is 6.62. The summed E-state index contributed by atoms with van der Waals surface area (Å²) in [6, 6.07) is 3.08. The van der Waals surface area contributed by atoms with Crippen LogP contribution in [0.2, 0.25) is 5.02 Å². The fourth-order valence-electron chi connectivity index (χ4n) is 3.43. The van der Waals surface area contributed by atoms with E-state index in [0.29, 0.717) is 29.9 Å². The maximum absolute atomic E-state index is 14.5. The van der Waals surface area contributed by atoms with Crippen molar-refractivity contribution in [3.63, 3.8) is 0 Å². The predicted molar refractivity (Wildman–Crippen MR) is 104 cm³/mol. The molecule has 0 N–H and O–H groups in total. The third-order valence-electron chi connectivity index (χ3n) is 4.74. The Morgan fingerprint density at radius 2 is 2.00 bits per heavy atom. The number of anilines is 1. The molecule has 3 aliphatic heterocycles. The molecule has 1 atom stereocenters. The van der Waals surface area contributed by atoms with Gasteiger partial charge in [0, 0.05) is 44.5 Å². The molecule has 1 unspecified atom stereocenters. The Labute approximate surface area is 157 Å². The monoisotopic (exact) mass is 375 g/mol. The van der Waals surface area contributed by atoms with E-state index in [1.165, 1.54) is 6.07 Å². The van der Waals surface area contributed by atoms with Gasteiger partial charge in [0.25, 0.3) is 0 Å². The zero-order valence-corrected chi connectivity index (χ0v) is 15.6. The summed E-state index contributed by atoms with van der Waals surface area (Å²) in [4.78, 5) is 15.7. The molecular formula is C17H20BClFN5O. The van der Waals surface area contributed by atoms with Crippen molar-refractivity contribution < 1.29 is 9.04 Å². The first-order valence-corrected chi connectivity index (χ1v) is 9.04. The first-order valence-electron chi connectivity index (χ1n) is 8.66. The van der Waals surface area contributed by atoms with E-state index in [0.717, 1.165) is 32.0 Å². The van der Waals surface area contributed by atoms with E-state index in [2.05, 4.69) is 14.7 Å². The Morgan fingerprint density at radius 3 is 2.73 bits per heavy atom. The SMILES string of the molecule is COBN1CCN(C2=Nc3c(F)cc(Cl)cc3N3C=CC(C)N=C23)CC1. The number of amidine groups is 2. The van der Waals surface area contributed by atoms with Gasteiger partial charge in [-0.2, -0.15) is 0 Å². The molecule has 9 heteroatoms. The van der Waals surface area contributed by atoms with Gasteiger partial charge in [0.05, 0.1) is 11.7 Å². The number of nitrogens with zero attached hydrogens (tertiary/aromatic N) is 5. The lowest BCUT2D eigenvalue weighted by atomic mass is 10.1. The summed E-state index contributed by atoms with van der Waals surface area (Å²) in [5.41, 5.74) is 0.931. The zero-order chi connectivity index (χ0) is 18.3. The molecule has 3 heterocycles. The second-order valence-corrected chi connectivity index (χ2v) is 7.05. The van der Waals surface area contributed by atoms with Crippen molar-refractivity contribution in [3.8, 4) is 0 Å². The Hall–Kier alpha value is -1.90. The normalized spacial score (nSPS) is 22.5. The summed E-state index contributed by atoms with van der Waals surface area (Å²) in [7, 11) is 2.31. The average Bonchev–Trinajstić information content (AvgIpc) is 2.62. The summed E-state index contributed by atoms with van der Waals surface area (Å²) in [5, 5.41) is 0.347. The number of rotatable bonds is 2. The van der Waals surface area contributed by atoms with Crippen LogP contribution in [0.3, 0.4) is 0 Å². The van der Waals surface area contributed by atoms with Crippen LogP contribution in [0.15, 0.2) is 34.4 Å². The van der Waals surface area contributed by atoms with Gasteiger partial charge in [-0.1, -0.05) is 11.6 Å². The van der Waals surface area contributed by atoms with E-state index in [1.54, 1.807) is 13.2 Å². The fourth-order valence-corrected chi connectivity index (χ4v) is 3.62. The number of benzene rings is 1. The third kappa shape index (κ3) is 3.13. The van der Waals surface area contributed by atoms with Gasteiger partial charge < -0.3 is 14.4 Å². The highest BCUT2D eigenvalue weighted by Gasteiger charge is 2.34. The molecule has 4 rings (SSSR count). The van der Waals surface area contributed by atoms with Crippen LogP contribution in [-0.4, -0.2) is 68.3 Å². The van der Waals surface area contributed by atoms with Crippen LogP contribution >= 0.6 is 11.6 Å². The van der Waals surface area contributed by atoms with Gasteiger partial charge in [0.1, 0.15) is 5.69 Å². The van der Waals surface area contributed by atoms with Crippen LogP contribution in [0.25, 0.3) is 0 Å². The first-order chi connectivity index (χ1) is 12.6. The molecule has 0 radical (unpaired) electrons. The van der Waals surface area contributed by atoms with E-state index < -0.39 is 5.82 Å². The lowest BCUT2D eigenvalue weighted by molar-refractivity contribution is 0.243. The van der Waals surface area contributed by atoms with Crippen LogP contribution in [-0.2, 0) is 4.65 Å². The van der Waals surface area contributed by atoms with Crippen molar-refractivity contribution in [1.82, 2.24) is 9.71 Å². The van der Waals surface area contributed by atoms with Crippen molar-refractivity contribution in [2.75, 3.05) is 38.2 Å². The van der Waals surface area contributed by atoms with Crippen molar-refractivity contribution in [2.24, 2.45) is 9.98 Å². The van der Waals surface area contributed by atoms with Crippen LogP contribution in [0, 0.1) is 5.82 Å². The highest BCUT2D eigenvalue weighted by Crippen LogP contribution is 2.39. The van der Waals surface area contributed by atoms with Crippen LogP contribution < -0.4 is 4.90 Å². The maximum atomic E-state index is 14.5. The van der Waals surface area contributed by atoms with Crippen LogP contribution in [0.4, 0.5) is 15.8 Å². The van der Waals surface area contributed by atoms with Gasteiger partial charge in [-0.3, -0.25) is 9.89 Å². The standard InChI is InChI=1S/C17H20BClFN5O/c1-11-3-4-25-14-10-12(19)9-13(20)15(14)22-16(17(25)21-11)23-5-7-24(8-6-23)18-26-2/h3-4,9-11,18H,5-8H2,1-2H3. The summed E-state index contributed by atoms with van der Waals surface area (Å²) in [6.45, 7) is 5.32. The molecule has 1 saturated heterocycles. The average molecular weight is 376 g/mol. The number of hydrogen-bond acceptors (Lipinski definition) is 6. The number of piperazine rings is 1. The van der Waals surface area contributed by atoms with E-state index in [9.17, 15) is 4.39 Å². The highest BCUT2D eigenvalue weighted by atomic mass is 35.5. The second kappa shape index (κ2) is 7.02. The lowest BCUT2D eigenvalue weighted by Gasteiger charge is -2.40. The van der Waals surface area contributed by atoms with E-state index in [1.807, 2.05) is 24.1 Å². The van der Waals surface area contributed by atoms with Crippen molar-refractivity contribution in [2.45, 2.75) is 13.0 Å². The van der Waals surface area contributed by atoms with Gasteiger partial charge in [-0.15, -0.1) is 0 Å². The smallest absolute Gasteiger partial charge is 0.363 e. The molecule has 6 nitrogen and oxygen atoms in total. The van der Waals surface area contributed by atoms with Gasteiger partial charge in [-0.25, -0.2) is 9.38 Å². The summed E-state index contributed by atoms with van der Waals surface area (Å²) in [5.74, 6) is 1.04. The topological polar surface area (TPSA) is 43.7 Å². The molecule has 1 fully saturated rings. The molecule has 0 aromatic heterocycles. The first kappa shape index (κ1) is 17.5. The lowest BCUT2D eigenvalue weighted by Crippen LogP contribution is -2.55. The molecule has 26 heavy (non-hydrogen) atoms. The Balaban J connectivity index is 1.72.